The zero-order chi connectivity index (χ0) is 26.9. The van der Waals surface area contributed by atoms with Gasteiger partial charge in [-0.25, -0.2) is 4.79 Å². The monoisotopic (exact) mass is 493 g/mol. The van der Waals surface area contributed by atoms with Gasteiger partial charge in [-0.2, -0.15) is 0 Å². The number of nitrogens with one attached hydrogen (secondary N) is 3. The third-order valence-electron chi connectivity index (χ3n) is 5.24. The molecule has 0 bridgehead atoms. The number of primary amides is 1. The summed E-state index contributed by atoms with van der Waals surface area (Å²) in [4.78, 5) is 61.1. The van der Waals surface area contributed by atoms with Gasteiger partial charge in [0, 0.05) is 6.42 Å². The van der Waals surface area contributed by atoms with Crippen LogP contribution in [0.3, 0.4) is 0 Å². The van der Waals surface area contributed by atoms with Crippen molar-refractivity contribution < 1.29 is 34.2 Å². The molecule has 4 unspecified atom stereocenters. The van der Waals surface area contributed by atoms with Crippen LogP contribution in [0.25, 0.3) is 0 Å². The molecule has 0 saturated carbocycles. The Balaban J connectivity index is 3.12. The second kappa shape index (κ2) is 13.3. The average Bonchev–Trinajstić information content (AvgIpc) is 2.75. The molecule has 1 rings (SSSR count). The number of carbonyl (C=O) groups excluding carboxylic acids is 4. The van der Waals surface area contributed by atoms with E-state index in [4.69, 9.17) is 11.5 Å². The highest BCUT2D eigenvalue weighted by Crippen LogP contribution is 2.13. The highest BCUT2D eigenvalue weighted by atomic mass is 16.4. The summed E-state index contributed by atoms with van der Waals surface area (Å²) in [6.45, 7) is 6.62. The molecule has 9 N–H and O–H groups in total. The lowest BCUT2D eigenvalue weighted by Crippen LogP contribution is -2.59. The largest absolute Gasteiger partial charge is 0.508 e. The van der Waals surface area contributed by atoms with Crippen LogP contribution in [0.15, 0.2) is 24.3 Å². The van der Waals surface area contributed by atoms with E-state index in [1.54, 1.807) is 39.8 Å². The van der Waals surface area contributed by atoms with Gasteiger partial charge in [0.2, 0.25) is 23.6 Å². The number of benzene rings is 1. The van der Waals surface area contributed by atoms with Gasteiger partial charge >= 0.3 is 5.97 Å². The molecule has 0 saturated heterocycles. The number of rotatable bonds is 13. The number of aliphatic carboxylic acids is 1. The van der Waals surface area contributed by atoms with E-state index in [1.165, 1.54) is 12.1 Å². The topological polar surface area (TPSA) is 214 Å². The van der Waals surface area contributed by atoms with Crippen molar-refractivity contribution in [1.82, 2.24) is 16.0 Å². The number of phenolic OH excluding ortho intramolecular Hbond substituents is 1. The molecule has 35 heavy (non-hydrogen) atoms. The van der Waals surface area contributed by atoms with Crippen molar-refractivity contribution in [2.24, 2.45) is 23.3 Å². The molecule has 4 atom stereocenters. The minimum Gasteiger partial charge on any atom is -0.508 e. The fourth-order valence-electron chi connectivity index (χ4n) is 3.21. The number of nitrogens with two attached hydrogens (primary N) is 2. The second-order valence-electron chi connectivity index (χ2n) is 9.01. The lowest BCUT2D eigenvalue weighted by molar-refractivity contribution is -0.143. The average molecular weight is 494 g/mol. The van der Waals surface area contributed by atoms with Gasteiger partial charge in [0.15, 0.2) is 0 Å². The molecule has 0 radical (unpaired) electrons. The van der Waals surface area contributed by atoms with Crippen LogP contribution < -0.4 is 27.4 Å². The van der Waals surface area contributed by atoms with Gasteiger partial charge in [0.25, 0.3) is 0 Å². The fraction of sp³-hybridized carbons (Fsp3) is 0.522. The predicted molar refractivity (Wildman–Crippen MR) is 127 cm³/mol. The van der Waals surface area contributed by atoms with E-state index in [0.717, 1.165) is 0 Å². The van der Waals surface area contributed by atoms with Crippen LogP contribution in [0.5, 0.6) is 5.75 Å². The molecule has 0 heterocycles. The highest BCUT2D eigenvalue weighted by molar-refractivity contribution is 5.95. The molecule has 0 aliphatic heterocycles. The van der Waals surface area contributed by atoms with E-state index in [-0.39, 0.29) is 12.2 Å². The lowest BCUT2D eigenvalue weighted by atomic mass is 9.99. The van der Waals surface area contributed by atoms with Crippen molar-refractivity contribution in [3.05, 3.63) is 29.8 Å². The van der Waals surface area contributed by atoms with Crippen molar-refractivity contribution in [2.45, 2.75) is 64.7 Å². The number of hydrogen-bond donors (Lipinski definition) is 7. The zero-order valence-corrected chi connectivity index (χ0v) is 20.3. The Morgan fingerprint density at radius 1 is 0.829 bits per heavy atom. The van der Waals surface area contributed by atoms with Gasteiger partial charge in [-0.05, 0) is 29.5 Å². The summed E-state index contributed by atoms with van der Waals surface area (Å²) in [6, 6.07) is 1.20. The summed E-state index contributed by atoms with van der Waals surface area (Å²) < 4.78 is 0. The first-order valence-corrected chi connectivity index (χ1v) is 11.2. The van der Waals surface area contributed by atoms with E-state index in [0.29, 0.717) is 5.56 Å². The number of hydrogen-bond acceptors (Lipinski definition) is 7. The molecule has 0 aliphatic rings. The molecular weight excluding hydrogens is 458 g/mol. The fourth-order valence-corrected chi connectivity index (χ4v) is 3.21. The number of phenols is 1. The normalized spacial score (nSPS) is 14.5. The van der Waals surface area contributed by atoms with E-state index in [9.17, 15) is 34.2 Å². The molecule has 194 valence electrons. The van der Waals surface area contributed by atoms with Crippen molar-refractivity contribution in [1.29, 1.82) is 0 Å². The minimum atomic E-state index is -1.28. The van der Waals surface area contributed by atoms with Crippen molar-refractivity contribution in [2.75, 3.05) is 0 Å². The number of carboxylic acids is 1. The van der Waals surface area contributed by atoms with Gasteiger partial charge < -0.3 is 37.6 Å². The summed E-state index contributed by atoms with van der Waals surface area (Å²) in [5.41, 5.74) is 11.4. The van der Waals surface area contributed by atoms with Crippen LogP contribution in [0.4, 0.5) is 0 Å². The Kier molecular flexibility index (Phi) is 11.1. The molecule has 1 aromatic carbocycles. The molecule has 0 spiro atoms. The SMILES string of the molecule is CC(C)C(NC(=O)C(NC(=O)C(Cc1ccc(O)cc1)NC(=O)C(N)CC(N)=O)C(C)C)C(=O)O. The van der Waals surface area contributed by atoms with Gasteiger partial charge in [0.05, 0.1) is 12.5 Å². The highest BCUT2D eigenvalue weighted by Gasteiger charge is 2.33. The van der Waals surface area contributed by atoms with Crippen molar-refractivity contribution in [3.8, 4) is 5.75 Å². The number of amides is 4. The maximum atomic E-state index is 13.2. The molecule has 12 nitrogen and oxygen atoms in total. The molecule has 0 aliphatic carbocycles. The van der Waals surface area contributed by atoms with Gasteiger partial charge in [-0.3, -0.25) is 19.2 Å². The molecule has 12 heteroatoms. The first kappa shape index (κ1) is 29.4. The van der Waals surface area contributed by atoms with E-state index in [2.05, 4.69) is 16.0 Å². The van der Waals surface area contributed by atoms with Crippen molar-refractivity contribution in [3.63, 3.8) is 0 Å². The first-order chi connectivity index (χ1) is 16.2. The lowest BCUT2D eigenvalue weighted by Gasteiger charge is -2.28. The molecule has 0 fully saturated rings. The Morgan fingerprint density at radius 2 is 1.34 bits per heavy atom. The molecule has 0 aromatic heterocycles. The third kappa shape index (κ3) is 9.61. The summed E-state index contributed by atoms with van der Waals surface area (Å²) in [5.74, 6) is -4.99. The van der Waals surface area contributed by atoms with Crippen LogP contribution in [-0.4, -0.2) is 64.0 Å². The summed E-state index contributed by atoms with van der Waals surface area (Å²) >= 11 is 0. The van der Waals surface area contributed by atoms with Gasteiger partial charge in [-0.15, -0.1) is 0 Å². The number of aromatic hydroxyl groups is 1. The van der Waals surface area contributed by atoms with E-state index >= 15 is 0 Å². The predicted octanol–water partition coefficient (Wildman–Crippen LogP) is -1.01. The quantitative estimate of drug-likeness (QED) is 0.180. The summed E-state index contributed by atoms with van der Waals surface area (Å²) in [7, 11) is 0. The van der Waals surface area contributed by atoms with Crippen LogP contribution in [0.2, 0.25) is 0 Å². The van der Waals surface area contributed by atoms with Crippen LogP contribution >= 0.6 is 0 Å². The third-order valence-corrected chi connectivity index (χ3v) is 5.24. The van der Waals surface area contributed by atoms with E-state index in [1.807, 2.05) is 0 Å². The smallest absolute Gasteiger partial charge is 0.326 e. The van der Waals surface area contributed by atoms with E-state index < -0.39 is 72.0 Å². The zero-order valence-electron chi connectivity index (χ0n) is 20.3. The van der Waals surface area contributed by atoms with Crippen LogP contribution in [-0.2, 0) is 30.4 Å². The standard InChI is InChI=1S/C23H35N5O7/c1-11(2)18(22(33)28-19(12(3)4)23(34)35)27-21(32)16(9-13-5-7-14(29)8-6-13)26-20(31)15(24)10-17(25)30/h5-8,11-12,15-16,18-19,29H,9-10,24H2,1-4H3,(H2,25,30)(H,26,31)(H,27,32)(H,28,33)(H,34,35). The molecular formula is C23H35N5O7. The Bertz CT molecular complexity index is 917. The summed E-state index contributed by atoms with van der Waals surface area (Å²) in [6.07, 6.45) is -0.445. The summed E-state index contributed by atoms with van der Waals surface area (Å²) in [5, 5.41) is 26.4. The van der Waals surface area contributed by atoms with Crippen molar-refractivity contribution >= 4 is 29.6 Å². The number of carboxylic acid groups (broad SMARTS) is 1. The maximum absolute atomic E-state index is 13.2. The molecule has 4 amide bonds. The second-order valence-corrected chi connectivity index (χ2v) is 9.01. The van der Waals surface area contributed by atoms with Gasteiger partial charge in [-0.1, -0.05) is 39.8 Å². The first-order valence-electron chi connectivity index (χ1n) is 11.2. The van der Waals surface area contributed by atoms with Crippen LogP contribution in [0.1, 0.15) is 39.7 Å². The Labute approximate surface area is 203 Å². The van der Waals surface area contributed by atoms with Gasteiger partial charge in [0.1, 0.15) is 23.9 Å². The number of carbonyl (C=O) groups is 5. The molecule has 1 aromatic rings. The minimum absolute atomic E-state index is 0.0111. The Morgan fingerprint density at radius 3 is 1.80 bits per heavy atom. The Hall–Kier alpha value is -3.67. The maximum Gasteiger partial charge on any atom is 0.326 e. The van der Waals surface area contributed by atoms with Crippen LogP contribution in [0, 0.1) is 11.8 Å².